The van der Waals surface area contributed by atoms with Crippen LogP contribution in [0.5, 0.6) is 0 Å². The summed E-state index contributed by atoms with van der Waals surface area (Å²) in [6.45, 7) is 3.23. The number of piperidine rings is 1. The molecule has 4 aromatic heterocycles. The monoisotopic (exact) mass is 376 g/mol. The Hall–Kier alpha value is -2.64. The molecule has 1 aliphatic rings. The highest BCUT2D eigenvalue weighted by Gasteiger charge is 2.23. The fourth-order valence-electron chi connectivity index (χ4n) is 3.73. The van der Waals surface area contributed by atoms with E-state index in [1.54, 1.807) is 23.7 Å². The number of likely N-dealkylation sites (tertiary alicyclic amines) is 1. The molecule has 0 amide bonds. The van der Waals surface area contributed by atoms with E-state index in [4.69, 9.17) is 4.98 Å². The third-order valence-electron chi connectivity index (χ3n) is 5.18. The van der Waals surface area contributed by atoms with Gasteiger partial charge in [0, 0.05) is 43.6 Å². The average molecular weight is 376 g/mol. The second-order valence-electron chi connectivity index (χ2n) is 6.93. The molecule has 5 heterocycles. The third-order valence-corrected chi connectivity index (χ3v) is 5.91. The molecule has 4 aromatic rings. The van der Waals surface area contributed by atoms with Crippen LogP contribution >= 0.6 is 11.3 Å². The van der Waals surface area contributed by atoms with Crippen molar-refractivity contribution in [3.05, 3.63) is 59.4 Å². The van der Waals surface area contributed by atoms with Crippen molar-refractivity contribution >= 4 is 22.6 Å². The number of hydrogen-bond donors (Lipinski definition) is 0. The predicted octanol–water partition coefficient (Wildman–Crippen LogP) is 3.79. The van der Waals surface area contributed by atoms with Crippen molar-refractivity contribution in [2.45, 2.75) is 25.4 Å². The van der Waals surface area contributed by atoms with E-state index in [9.17, 15) is 0 Å². The molecule has 0 unspecified atom stereocenters. The van der Waals surface area contributed by atoms with Crippen molar-refractivity contribution < 1.29 is 0 Å². The number of hydrogen-bond acceptors (Lipinski definition) is 6. The van der Waals surface area contributed by atoms with Crippen LogP contribution in [0.15, 0.2) is 53.9 Å². The predicted molar refractivity (Wildman–Crippen MR) is 106 cm³/mol. The zero-order valence-electron chi connectivity index (χ0n) is 14.9. The summed E-state index contributed by atoms with van der Waals surface area (Å²) in [7, 11) is 0. The number of pyridine rings is 1. The van der Waals surface area contributed by atoms with Crippen LogP contribution < -0.4 is 0 Å². The molecule has 7 heteroatoms. The average Bonchev–Trinajstić information content (AvgIpc) is 3.39. The van der Waals surface area contributed by atoms with Crippen LogP contribution in [0.25, 0.3) is 22.6 Å². The molecule has 5 rings (SSSR count). The van der Waals surface area contributed by atoms with Gasteiger partial charge in [0.15, 0.2) is 11.3 Å². The van der Waals surface area contributed by atoms with Gasteiger partial charge < -0.3 is 4.57 Å². The number of nitrogens with zero attached hydrogens (tertiary/aromatic N) is 6. The summed E-state index contributed by atoms with van der Waals surface area (Å²) in [6, 6.07) is 6.57. The van der Waals surface area contributed by atoms with E-state index in [0.717, 1.165) is 49.4 Å². The molecule has 0 atom stereocenters. The minimum atomic E-state index is 0.423. The van der Waals surface area contributed by atoms with Crippen LogP contribution in [0, 0.1) is 0 Å². The van der Waals surface area contributed by atoms with Gasteiger partial charge in [-0.3, -0.25) is 9.88 Å². The van der Waals surface area contributed by atoms with Gasteiger partial charge in [-0.15, -0.1) is 0 Å². The van der Waals surface area contributed by atoms with E-state index >= 15 is 0 Å². The zero-order valence-corrected chi connectivity index (χ0v) is 15.7. The lowest BCUT2D eigenvalue weighted by molar-refractivity contribution is 0.181. The van der Waals surface area contributed by atoms with E-state index in [1.807, 2.05) is 24.7 Å². The van der Waals surface area contributed by atoms with E-state index in [-0.39, 0.29) is 0 Å². The Morgan fingerprint density at radius 1 is 1.11 bits per heavy atom. The summed E-state index contributed by atoms with van der Waals surface area (Å²) in [5.74, 6) is 0. The first-order valence-electron chi connectivity index (χ1n) is 9.20. The van der Waals surface area contributed by atoms with Crippen molar-refractivity contribution in [3.8, 4) is 11.3 Å². The quantitative estimate of drug-likeness (QED) is 0.542. The highest BCUT2D eigenvalue weighted by Crippen LogP contribution is 2.27. The summed E-state index contributed by atoms with van der Waals surface area (Å²) in [5, 5.41) is 4.39. The Morgan fingerprint density at radius 3 is 2.81 bits per heavy atom. The third kappa shape index (κ3) is 3.36. The molecular formula is C20H20N6S. The number of aromatic nitrogens is 5. The fraction of sp³-hybridized carbons (Fsp3) is 0.300. The van der Waals surface area contributed by atoms with Crippen LogP contribution in [0.4, 0.5) is 0 Å². The van der Waals surface area contributed by atoms with Crippen LogP contribution in [0.1, 0.15) is 24.4 Å². The Morgan fingerprint density at radius 2 is 2.04 bits per heavy atom. The summed E-state index contributed by atoms with van der Waals surface area (Å²) >= 11 is 1.77. The van der Waals surface area contributed by atoms with E-state index in [2.05, 4.69) is 41.2 Å². The normalized spacial score (nSPS) is 16.1. The minimum absolute atomic E-state index is 0.423. The molecule has 0 spiro atoms. The SMILES string of the molecule is c1cncc(-c2cnc3ncn(C4CCN(Cc5ccsc5)CC4)c3n2)c1. The molecule has 0 radical (unpaired) electrons. The van der Waals surface area contributed by atoms with Gasteiger partial charge in [-0.2, -0.15) is 11.3 Å². The number of rotatable bonds is 4. The van der Waals surface area contributed by atoms with Crippen molar-refractivity contribution in [3.63, 3.8) is 0 Å². The van der Waals surface area contributed by atoms with E-state index < -0.39 is 0 Å². The maximum Gasteiger partial charge on any atom is 0.197 e. The minimum Gasteiger partial charge on any atom is -0.311 e. The highest BCUT2D eigenvalue weighted by molar-refractivity contribution is 7.07. The Labute approximate surface area is 161 Å². The van der Waals surface area contributed by atoms with Gasteiger partial charge in [0.25, 0.3) is 0 Å². The van der Waals surface area contributed by atoms with Crippen LogP contribution in [-0.4, -0.2) is 42.5 Å². The van der Waals surface area contributed by atoms with Crippen LogP contribution in [-0.2, 0) is 6.54 Å². The molecule has 1 aliphatic heterocycles. The zero-order chi connectivity index (χ0) is 18.1. The molecule has 0 bridgehead atoms. The molecule has 0 aromatic carbocycles. The fourth-order valence-corrected chi connectivity index (χ4v) is 4.39. The second kappa shape index (κ2) is 7.17. The Bertz CT molecular complexity index is 1020. The summed E-state index contributed by atoms with van der Waals surface area (Å²) in [6.07, 6.45) is 9.48. The van der Waals surface area contributed by atoms with Gasteiger partial charge in [-0.1, -0.05) is 0 Å². The van der Waals surface area contributed by atoms with Gasteiger partial charge in [-0.05, 0) is 47.4 Å². The number of fused-ring (bicyclic) bond motifs is 1. The topological polar surface area (TPSA) is 59.7 Å². The van der Waals surface area contributed by atoms with Crippen molar-refractivity contribution in [2.75, 3.05) is 13.1 Å². The Balaban J connectivity index is 1.36. The van der Waals surface area contributed by atoms with Crippen LogP contribution in [0.2, 0.25) is 0 Å². The summed E-state index contributed by atoms with van der Waals surface area (Å²) in [5.41, 5.74) is 4.81. The summed E-state index contributed by atoms with van der Waals surface area (Å²) < 4.78 is 2.21. The molecular weight excluding hydrogens is 356 g/mol. The maximum atomic E-state index is 4.85. The van der Waals surface area contributed by atoms with Crippen molar-refractivity contribution in [2.24, 2.45) is 0 Å². The number of thiophene rings is 1. The lowest BCUT2D eigenvalue weighted by Crippen LogP contribution is -2.34. The first-order chi connectivity index (χ1) is 13.4. The molecule has 0 N–H and O–H groups in total. The van der Waals surface area contributed by atoms with Crippen molar-refractivity contribution in [1.82, 2.24) is 29.4 Å². The van der Waals surface area contributed by atoms with Gasteiger partial charge in [0.2, 0.25) is 0 Å². The lowest BCUT2D eigenvalue weighted by Gasteiger charge is -2.32. The first kappa shape index (κ1) is 16.5. The maximum absolute atomic E-state index is 4.85. The standard InChI is InChI=1S/C20H20N6S/c1-2-16(10-21-6-1)18-11-22-19-20(24-18)26(14-23-19)17-3-7-25(8-4-17)12-15-5-9-27-13-15/h1-2,5-6,9-11,13-14,17H,3-4,7-8,12H2. The summed E-state index contributed by atoms with van der Waals surface area (Å²) in [4.78, 5) is 20.5. The van der Waals surface area contributed by atoms with Gasteiger partial charge >= 0.3 is 0 Å². The van der Waals surface area contributed by atoms with E-state index in [1.165, 1.54) is 5.56 Å². The van der Waals surface area contributed by atoms with Crippen molar-refractivity contribution in [1.29, 1.82) is 0 Å². The number of imidazole rings is 1. The lowest BCUT2D eigenvalue weighted by atomic mass is 10.0. The highest BCUT2D eigenvalue weighted by atomic mass is 32.1. The largest absolute Gasteiger partial charge is 0.311 e. The molecule has 6 nitrogen and oxygen atoms in total. The second-order valence-corrected chi connectivity index (χ2v) is 7.71. The molecule has 0 aliphatic carbocycles. The Kier molecular flexibility index (Phi) is 4.39. The van der Waals surface area contributed by atoms with Gasteiger partial charge in [0.05, 0.1) is 18.2 Å². The molecule has 136 valence electrons. The van der Waals surface area contributed by atoms with Crippen LogP contribution in [0.3, 0.4) is 0 Å². The molecule has 1 saturated heterocycles. The molecule has 27 heavy (non-hydrogen) atoms. The molecule has 1 fully saturated rings. The molecule has 0 saturated carbocycles. The van der Waals surface area contributed by atoms with E-state index in [0.29, 0.717) is 11.7 Å². The smallest absolute Gasteiger partial charge is 0.197 e. The van der Waals surface area contributed by atoms with Gasteiger partial charge in [-0.25, -0.2) is 15.0 Å². The van der Waals surface area contributed by atoms with Gasteiger partial charge in [0.1, 0.15) is 0 Å². The first-order valence-corrected chi connectivity index (χ1v) is 10.1.